The van der Waals surface area contributed by atoms with E-state index >= 15 is 0 Å². The molecule has 0 saturated heterocycles. The second kappa shape index (κ2) is 9.11. The van der Waals surface area contributed by atoms with Crippen LogP contribution in [0.15, 0.2) is 36.4 Å². The first-order chi connectivity index (χ1) is 11.0. The van der Waals surface area contributed by atoms with Gasteiger partial charge in [0, 0.05) is 6.04 Å². The van der Waals surface area contributed by atoms with Gasteiger partial charge in [0.25, 0.3) is 0 Å². The molecule has 1 N–H and O–H groups in total. The van der Waals surface area contributed by atoms with Crippen molar-refractivity contribution in [1.29, 1.82) is 0 Å². The van der Waals surface area contributed by atoms with Crippen LogP contribution in [0.25, 0.3) is 0 Å². The third-order valence-electron chi connectivity index (χ3n) is 3.68. The largest absolute Gasteiger partial charge is 0.496 e. The zero-order valence-corrected chi connectivity index (χ0v) is 16.9. The van der Waals surface area contributed by atoms with Gasteiger partial charge in [0.1, 0.15) is 5.75 Å². The maximum absolute atomic E-state index is 6.04. The second-order valence-corrected chi connectivity index (χ2v) is 7.38. The molecule has 0 radical (unpaired) electrons. The van der Waals surface area contributed by atoms with Gasteiger partial charge in [-0.15, -0.1) is 0 Å². The van der Waals surface area contributed by atoms with Crippen molar-refractivity contribution in [3.63, 3.8) is 0 Å². The number of hydrogen-bond donors (Lipinski definition) is 1. The SMILES string of the molecule is COc1cccc(C[C@H](C)NCCc2ccc(Cl)c(Cl)c2)c1I. The Hall–Kier alpha value is -0.490. The molecule has 0 amide bonds. The summed E-state index contributed by atoms with van der Waals surface area (Å²) in [5.74, 6) is 0.936. The van der Waals surface area contributed by atoms with Crippen LogP contribution in [-0.4, -0.2) is 19.7 Å². The Morgan fingerprint density at radius 3 is 2.65 bits per heavy atom. The minimum atomic E-state index is 0.387. The number of methoxy groups -OCH3 is 1. The topological polar surface area (TPSA) is 21.3 Å². The third-order valence-corrected chi connectivity index (χ3v) is 5.64. The number of benzene rings is 2. The summed E-state index contributed by atoms with van der Waals surface area (Å²) in [7, 11) is 1.71. The molecular formula is C18H20Cl2INO. The van der Waals surface area contributed by atoms with Gasteiger partial charge in [0.2, 0.25) is 0 Å². The molecule has 0 bridgehead atoms. The Balaban J connectivity index is 1.85. The third kappa shape index (κ3) is 5.52. The van der Waals surface area contributed by atoms with Gasteiger partial charge >= 0.3 is 0 Å². The Labute approximate surface area is 161 Å². The van der Waals surface area contributed by atoms with Crippen molar-refractivity contribution in [2.45, 2.75) is 25.8 Å². The fraction of sp³-hybridized carbons (Fsp3) is 0.333. The first-order valence-electron chi connectivity index (χ1n) is 7.50. The summed E-state index contributed by atoms with van der Waals surface area (Å²) >= 11 is 14.3. The summed E-state index contributed by atoms with van der Waals surface area (Å²) in [5, 5.41) is 4.77. The summed E-state index contributed by atoms with van der Waals surface area (Å²) in [6.45, 7) is 3.10. The maximum atomic E-state index is 6.04. The van der Waals surface area contributed by atoms with E-state index in [-0.39, 0.29) is 0 Å². The lowest BCUT2D eigenvalue weighted by molar-refractivity contribution is 0.410. The highest BCUT2D eigenvalue weighted by Crippen LogP contribution is 2.25. The monoisotopic (exact) mass is 463 g/mol. The molecule has 0 aliphatic heterocycles. The molecule has 1 atom stereocenters. The highest BCUT2D eigenvalue weighted by Gasteiger charge is 2.09. The van der Waals surface area contributed by atoms with Crippen LogP contribution < -0.4 is 10.1 Å². The van der Waals surface area contributed by atoms with E-state index in [1.165, 1.54) is 14.7 Å². The minimum Gasteiger partial charge on any atom is -0.496 e. The van der Waals surface area contributed by atoms with Crippen molar-refractivity contribution in [2.24, 2.45) is 0 Å². The highest BCUT2D eigenvalue weighted by atomic mass is 127. The molecule has 0 fully saturated rings. The van der Waals surface area contributed by atoms with E-state index in [2.05, 4.69) is 40.9 Å². The van der Waals surface area contributed by atoms with Crippen LogP contribution in [0, 0.1) is 3.57 Å². The first-order valence-corrected chi connectivity index (χ1v) is 9.33. The van der Waals surface area contributed by atoms with Gasteiger partial charge in [-0.05, 0) is 78.2 Å². The number of ether oxygens (including phenoxy) is 1. The maximum Gasteiger partial charge on any atom is 0.132 e. The van der Waals surface area contributed by atoms with Crippen molar-refractivity contribution in [3.8, 4) is 5.75 Å². The number of hydrogen-bond acceptors (Lipinski definition) is 2. The molecule has 0 aromatic heterocycles. The molecule has 124 valence electrons. The van der Waals surface area contributed by atoms with Gasteiger partial charge in [0.05, 0.1) is 20.7 Å². The lowest BCUT2D eigenvalue weighted by Gasteiger charge is -2.16. The summed E-state index contributed by atoms with van der Waals surface area (Å²) in [4.78, 5) is 0. The Kier molecular flexibility index (Phi) is 7.47. The molecule has 0 saturated carbocycles. The molecule has 2 rings (SSSR count). The van der Waals surface area contributed by atoms with Crippen LogP contribution in [0.3, 0.4) is 0 Å². The van der Waals surface area contributed by atoms with Crippen LogP contribution in [0.5, 0.6) is 5.75 Å². The fourth-order valence-electron chi connectivity index (χ4n) is 2.43. The smallest absolute Gasteiger partial charge is 0.132 e. The molecule has 23 heavy (non-hydrogen) atoms. The molecule has 0 aliphatic rings. The average molecular weight is 464 g/mol. The van der Waals surface area contributed by atoms with E-state index in [1.54, 1.807) is 7.11 Å². The summed E-state index contributed by atoms with van der Waals surface area (Å²) in [6.07, 6.45) is 1.90. The van der Waals surface area contributed by atoms with Crippen LogP contribution >= 0.6 is 45.8 Å². The average Bonchev–Trinajstić information content (AvgIpc) is 2.53. The number of rotatable bonds is 7. The molecular weight excluding hydrogens is 444 g/mol. The first kappa shape index (κ1) is 18.8. The summed E-state index contributed by atoms with van der Waals surface area (Å²) < 4.78 is 6.56. The van der Waals surface area contributed by atoms with Gasteiger partial charge in [-0.2, -0.15) is 0 Å². The van der Waals surface area contributed by atoms with Gasteiger partial charge in [0.15, 0.2) is 0 Å². The van der Waals surface area contributed by atoms with Crippen molar-refractivity contribution >= 4 is 45.8 Å². The van der Waals surface area contributed by atoms with Gasteiger partial charge < -0.3 is 10.1 Å². The quantitative estimate of drug-likeness (QED) is 0.557. The van der Waals surface area contributed by atoms with Gasteiger partial charge in [-0.25, -0.2) is 0 Å². The zero-order valence-electron chi connectivity index (χ0n) is 13.2. The predicted octanol–water partition coefficient (Wildman–Crippen LogP) is 5.37. The van der Waals surface area contributed by atoms with Crippen molar-refractivity contribution in [1.82, 2.24) is 5.32 Å². The van der Waals surface area contributed by atoms with E-state index in [1.807, 2.05) is 30.3 Å². The summed E-state index contributed by atoms with van der Waals surface area (Å²) in [5.41, 5.74) is 2.49. The van der Waals surface area contributed by atoms with Crippen molar-refractivity contribution in [3.05, 3.63) is 61.1 Å². The van der Waals surface area contributed by atoms with Crippen molar-refractivity contribution < 1.29 is 4.74 Å². The highest BCUT2D eigenvalue weighted by molar-refractivity contribution is 14.1. The molecule has 0 unspecified atom stereocenters. The molecule has 0 spiro atoms. The van der Waals surface area contributed by atoms with E-state index in [4.69, 9.17) is 27.9 Å². The zero-order chi connectivity index (χ0) is 16.8. The second-order valence-electron chi connectivity index (χ2n) is 5.49. The van der Waals surface area contributed by atoms with E-state index in [0.29, 0.717) is 16.1 Å². The predicted molar refractivity (Wildman–Crippen MR) is 107 cm³/mol. The molecule has 5 heteroatoms. The van der Waals surface area contributed by atoms with Crippen LogP contribution in [0.1, 0.15) is 18.1 Å². The van der Waals surface area contributed by atoms with Crippen LogP contribution in [0.4, 0.5) is 0 Å². The normalized spacial score (nSPS) is 12.2. The molecule has 0 heterocycles. The lowest BCUT2D eigenvalue weighted by Crippen LogP contribution is -2.30. The molecule has 0 aliphatic carbocycles. The fourth-order valence-corrected chi connectivity index (χ4v) is 3.55. The van der Waals surface area contributed by atoms with E-state index < -0.39 is 0 Å². The lowest BCUT2D eigenvalue weighted by atomic mass is 10.1. The summed E-state index contributed by atoms with van der Waals surface area (Å²) in [6, 6.07) is 12.4. The number of halogens is 3. The Morgan fingerprint density at radius 1 is 1.17 bits per heavy atom. The molecule has 2 aromatic rings. The molecule has 2 nitrogen and oxygen atoms in total. The van der Waals surface area contributed by atoms with Crippen molar-refractivity contribution in [2.75, 3.05) is 13.7 Å². The standard InChI is InChI=1S/C18H20Cl2INO/c1-12(10-14-4-3-5-17(23-2)18(14)21)22-9-8-13-6-7-15(19)16(20)11-13/h3-7,11-12,22H,8-10H2,1-2H3/t12-/m0/s1. The van der Waals surface area contributed by atoms with Gasteiger partial charge in [-0.1, -0.05) is 41.4 Å². The van der Waals surface area contributed by atoms with Crippen LogP contribution in [0.2, 0.25) is 10.0 Å². The minimum absolute atomic E-state index is 0.387. The number of nitrogens with one attached hydrogen (secondary N) is 1. The Morgan fingerprint density at radius 2 is 1.96 bits per heavy atom. The van der Waals surface area contributed by atoms with Gasteiger partial charge in [-0.3, -0.25) is 0 Å². The van der Waals surface area contributed by atoms with E-state index in [9.17, 15) is 0 Å². The Bertz CT molecular complexity index is 663. The van der Waals surface area contributed by atoms with E-state index in [0.717, 1.165) is 25.1 Å². The van der Waals surface area contributed by atoms with Crippen LogP contribution in [-0.2, 0) is 12.8 Å². The molecule has 2 aromatic carbocycles.